The Morgan fingerprint density at radius 2 is 2.10 bits per heavy atom. The van der Waals surface area contributed by atoms with Gasteiger partial charge in [0.25, 0.3) is 16.6 Å². The largest absolute Gasteiger partial charge is 0.497 e. The maximum Gasteiger partial charge on any atom is 0.279 e. The smallest absolute Gasteiger partial charge is 0.279 e. The fourth-order valence-electron chi connectivity index (χ4n) is 1.50. The van der Waals surface area contributed by atoms with Crippen molar-refractivity contribution in [1.82, 2.24) is 9.03 Å². The van der Waals surface area contributed by atoms with Gasteiger partial charge in [0.15, 0.2) is 0 Å². The van der Waals surface area contributed by atoms with E-state index in [1.54, 1.807) is 24.3 Å². The molecule has 0 saturated heterocycles. The molecule has 0 spiro atoms. The Kier molecular flexibility index (Phi) is 6.46. The average molecular weight is 324 g/mol. The molecule has 0 saturated carbocycles. The monoisotopic (exact) mass is 324 g/mol. The number of ether oxygens (including phenoxy) is 1. The third-order valence-corrected chi connectivity index (χ3v) is 4.20. The molecular weight excluding hydrogens is 306 g/mol. The number of aliphatic hydroxyl groups excluding tert-OH is 1. The Morgan fingerprint density at radius 1 is 1.43 bits per heavy atom. The van der Waals surface area contributed by atoms with Crippen LogP contribution in [-0.4, -0.2) is 51.1 Å². The van der Waals surface area contributed by atoms with Crippen molar-refractivity contribution in [2.45, 2.75) is 19.1 Å². The van der Waals surface area contributed by atoms with Crippen LogP contribution in [0.2, 0.25) is 0 Å². The van der Waals surface area contributed by atoms with Crippen molar-refractivity contribution in [2.75, 3.05) is 20.7 Å². The van der Waals surface area contributed by atoms with Crippen molar-refractivity contribution in [3.63, 3.8) is 0 Å². The van der Waals surface area contributed by atoms with Gasteiger partial charge in [-0.05, 0) is 17.7 Å². The van der Waals surface area contributed by atoms with E-state index in [0.717, 1.165) is 4.31 Å². The lowest BCUT2D eigenvalue weighted by molar-refractivity contribution is -0.000612. The van der Waals surface area contributed by atoms with Crippen molar-refractivity contribution in [1.29, 1.82) is 0 Å². The molecule has 0 heterocycles. The van der Waals surface area contributed by atoms with Crippen molar-refractivity contribution in [2.24, 2.45) is 0 Å². The molecule has 0 fully saturated rings. The quantitative estimate of drug-likeness (QED) is 0.733. The highest BCUT2D eigenvalue weighted by Gasteiger charge is 2.23. The minimum atomic E-state index is -3.96. The molecule has 1 unspecified atom stereocenters. The molecule has 2 N–H and O–H groups in total. The fourth-order valence-corrected chi connectivity index (χ4v) is 2.42. The zero-order valence-electron chi connectivity index (χ0n) is 11.7. The van der Waals surface area contributed by atoms with Gasteiger partial charge in [-0.15, -0.1) is 0 Å². The molecule has 1 atom stereocenters. The summed E-state index contributed by atoms with van der Waals surface area (Å²) in [6, 6.07) is 6.81. The van der Waals surface area contributed by atoms with Gasteiger partial charge in [0.05, 0.1) is 7.11 Å². The highest BCUT2D eigenvalue weighted by atomic mass is 32.2. The molecule has 0 aliphatic rings. The summed E-state index contributed by atoms with van der Waals surface area (Å²) < 4.78 is 55.8. The van der Waals surface area contributed by atoms with Gasteiger partial charge in [-0.1, -0.05) is 12.1 Å². The Labute approximate surface area is 122 Å². The van der Waals surface area contributed by atoms with E-state index < -0.39 is 29.3 Å². The molecule has 0 aliphatic heterocycles. The van der Waals surface area contributed by atoms with Gasteiger partial charge < -0.3 is 9.84 Å². The van der Waals surface area contributed by atoms with Gasteiger partial charge in [-0.2, -0.15) is 17.4 Å². The Bertz CT molecular complexity index is 554. The summed E-state index contributed by atoms with van der Waals surface area (Å²) in [4.78, 5) is 0. The Morgan fingerprint density at radius 3 is 2.67 bits per heavy atom. The lowest BCUT2D eigenvalue weighted by Crippen LogP contribution is -2.42. The molecule has 1 rings (SSSR count). The van der Waals surface area contributed by atoms with Crippen LogP contribution in [0.1, 0.15) is 5.56 Å². The third-order valence-electron chi connectivity index (χ3n) is 2.72. The molecule has 1 aromatic rings. The van der Waals surface area contributed by atoms with Gasteiger partial charge in [0, 0.05) is 20.1 Å². The van der Waals surface area contributed by atoms with Crippen LogP contribution >= 0.6 is 0 Å². The van der Waals surface area contributed by atoms with Gasteiger partial charge >= 0.3 is 0 Å². The number of nitrogens with zero attached hydrogens (tertiary/aromatic N) is 1. The number of aliphatic hydroxyl groups is 1. The van der Waals surface area contributed by atoms with Crippen LogP contribution in [0, 0.1) is 0 Å². The summed E-state index contributed by atoms with van der Waals surface area (Å²) in [6.07, 6.45) is -5.04. The Balaban J connectivity index is 2.66. The molecule has 0 bridgehead atoms. The van der Waals surface area contributed by atoms with Crippen LogP contribution in [0.15, 0.2) is 24.3 Å². The molecule has 21 heavy (non-hydrogen) atoms. The first-order chi connectivity index (χ1) is 9.76. The van der Waals surface area contributed by atoms with Crippen molar-refractivity contribution < 1.29 is 27.0 Å². The van der Waals surface area contributed by atoms with E-state index in [4.69, 9.17) is 9.84 Å². The van der Waals surface area contributed by atoms with Crippen LogP contribution in [0.5, 0.6) is 5.75 Å². The van der Waals surface area contributed by atoms with Crippen molar-refractivity contribution in [3.8, 4) is 5.75 Å². The second-order valence-corrected chi connectivity index (χ2v) is 6.23. The molecule has 1 aromatic carbocycles. The zero-order valence-corrected chi connectivity index (χ0v) is 12.5. The summed E-state index contributed by atoms with van der Waals surface area (Å²) in [6.45, 7) is -0.709. The highest BCUT2D eigenvalue weighted by molar-refractivity contribution is 7.87. The molecule has 9 heteroatoms. The van der Waals surface area contributed by atoms with Crippen LogP contribution in [0.25, 0.3) is 0 Å². The van der Waals surface area contributed by atoms with Gasteiger partial charge in [0.1, 0.15) is 11.9 Å². The maximum atomic E-state index is 12.1. The number of hydrogen-bond acceptors (Lipinski definition) is 4. The topological polar surface area (TPSA) is 78.9 Å². The summed E-state index contributed by atoms with van der Waals surface area (Å²) >= 11 is 0. The van der Waals surface area contributed by atoms with E-state index >= 15 is 0 Å². The van der Waals surface area contributed by atoms with E-state index in [-0.39, 0.29) is 6.54 Å². The van der Waals surface area contributed by atoms with E-state index in [1.165, 1.54) is 14.2 Å². The SMILES string of the molecule is COc1cccc(CN(C)S(=O)(=O)NCC(O)C(F)F)c1. The van der Waals surface area contributed by atoms with Gasteiger partial charge in [-0.25, -0.2) is 8.78 Å². The normalized spacial score (nSPS) is 13.7. The van der Waals surface area contributed by atoms with Gasteiger partial charge in [-0.3, -0.25) is 0 Å². The second-order valence-electron chi connectivity index (χ2n) is 4.36. The molecular formula is C12H18F2N2O4S. The second kappa shape index (κ2) is 7.64. The molecule has 0 aliphatic carbocycles. The summed E-state index contributed by atoms with van der Waals surface area (Å²) in [5.74, 6) is 0.583. The first-order valence-electron chi connectivity index (χ1n) is 6.06. The number of rotatable bonds is 8. The fraction of sp³-hybridized carbons (Fsp3) is 0.500. The maximum absolute atomic E-state index is 12.1. The van der Waals surface area contributed by atoms with Crippen LogP contribution < -0.4 is 9.46 Å². The number of halogens is 2. The number of benzene rings is 1. The van der Waals surface area contributed by atoms with Crippen LogP contribution in [-0.2, 0) is 16.8 Å². The average Bonchev–Trinajstić information content (AvgIpc) is 2.44. The number of nitrogens with one attached hydrogen (secondary N) is 1. The molecule has 6 nitrogen and oxygen atoms in total. The van der Waals surface area contributed by atoms with E-state index in [9.17, 15) is 17.2 Å². The molecule has 0 radical (unpaired) electrons. The lowest BCUT2D eigenvalue weighted by Gasteiger charge is -2.19. The zero-order chi connectivity index (χ0) is 16.0. The number of methoxy groups -OCH3 is 1. The Hall–Kier alpha value is -1.29. The standard InChI is InChI=1S/C12H18F2N2O4S/c1-16(8-9-4-3-5-10(6-9)20-2)21(18,19)15-7-11(17)12(13)14/h3-6,11-12,15,17H,7-8H2,1-2H3. The first-order valence-corrected chi connectivity index (χ1v) is 7.50. The first kappa shape index (κ1) is 17.8. The highest BCUT2D eigenvalue weighted by Crippen LogP contribution is 2.14. The minimum Gasteiger partial charge on any atom is -0.497 e. The minimum absolute atomic E-state index is 0.0390. The third kappa shape index (κ3) is 5.54. The lowest BCUT2D eigenvalue weighted by atomic mass is 10.2. The molecule has 120 valence electrons. The number of alkyl halides is 2. The molecule has 0 aromatic heterocycles. The summed E-state index contributed by atoms with van der Waals surface area (Å²) in [5, 5.41) is 8.92. The van der Waals surface area contributed by atoms with E-state index in [0.29, 0.717) is 11.3 Å². The number of hydrogen-bond donors (Lipinski definition) is 2. The van der Waals surface area contributed by atoms with Crippen molar-refractivity contribution >= 4 is 10.2 Å². The predicted octanol–water partition coefficient (Wildman–Crippen LogP) is 0.587. The predicted molar refractivity (Wildman–Crippen MR) is 73.4 cm³/mol. The van der Waals surface area contributed by atoms with E-state index in [1.807, 2.05) is 4.72 Å². The van der Waals surface area contributed by atoms with Gasteiger partial charge in [0.2, 0.25) is 0 Å². The summed E-state index contributed by atoms with van der Waals surface area (Å²) in [5.41, 5.74) is 0.677. The van der Waals surface area contributed by atoms with Crippen LogP contribution in [0.3, 0.4) is 0 Å². The summed E-state index contributed by atoms with van der Waals surface area (Å²) in [7, 11) is -1.16. The van der Waals surface area contributed by atoms with Crippen molar-refractivity contribution in [3.05, 3.63) is 29.8 Å². The van der Waals surface area contributed by atoms with E-state index in [2.05, 4.69) is 0 Å². The molecule has 0 amide bonds. The van der Waals surface area contributed by atoms with Crippen LogP contribution in [0.4, 0.5) is 8.78 Å².